The number of aryl methyl sites for hydroxylation is 1. The zero-order valence-corrected chi connectivity index (χ0v) is 23.2. The Morgan fingerprint density at radius 2 is 2.03 bits per heavy atom. The van der Waals surface area contributed by atoms with Crippen LogP contribution in [0.4, 0.5) is 5.82 Å². The molecule has 0 radical (unpaired) electrons. The second kappa shape index (κ2) is 11.3. The van der Waals surface area contributed by atoms with Gasteiger partial charge in [0, 0.05) is 54.7 Å². The highest BCUT2D eigenvalue weighted by Crippen LogP contribution is 2.33. The van der Waals surface area contributed by atoms with E-state index in [2.05, 4.69) is 9.80 Å². The van der Waals surface area contributed by atoms with Crippen molar-refractivity contribution in [3.63, 3.8) is 0 Å². The molecule has 9 nitrogen and oxygen atoms in total. The largest absolute Gasteiger partial charge is 0.481 e. The summed E-state index contributed by atoms with van der Waals surface area (Å²) in [7, 11) is 0. The third-order valence-corrected chi connectivity index (χ3v) is 8.64. The van der Waals surface area contributed by atoms with Crippen LogP contribution < -0.4 is 4.90 Å². The summed E-state index contributed by atoms with van der Waals surface area (Å²) in [5.41, 5.74) is 3.13. The smallest absolute Gasteiger partial charge is 0.303 e. The van der Waals surface area contributed by atoms with Gasteiger partial charge < -0.3 is 15.1 Å². The zero-order chi connectivity index (χ0) is 27.0. The second-order valence-electron chi connectivity index (χ2n) is 10.6. The first-order valence-electron chi connectivity index (χ1n) is 13.2. The zero-order valence-electron chi connectivity index (χ0n) is 21.7. The summed E-state index contributed by atoms with van der Waals surface area (Å²) < 4.78 is 1.86. The number of likely N-dealkylation sites (tertiary alicyclic amines) is 1. The summed E-state index contributed by atoms with van der Waals surface area (Å²) in [6, 6.07) is 5.52. The number of aliphatic hydroxyl groups is 1. The highest BCUT2D eigenvalue weighted by molar-refractivity contribution is 6.35. The molecule has 3 aromatic rings. The second-order valence-corrected chi connectivity index (χ2v) is 11.5. The molecule has 38 heavy (non-hydrogen) atoms. The van der Waals surface area contributed by atoms with Crippen LogP contribution in [-0.4, -0.2) is 79.7 Å². The lowest BCUT2D eigenvalue weighted by Gasteiger charge is -2.46. The Bertz CT molecular complexity index is 1320. The maximum atomic E-state index is 11.2. The van der Waals surface area contributed by atoms with E-state index in [4.69, 9.17) is 38.3 Å². The van der Waals surface area contributed by atoms with Gasteiger partial charge in [-0.1, -0.05) is 29.3 Å². The minimum atomic E-state index is -0.735. The van der Waals surface area contributed by atoms with Crippen molar-refractivity contribution < 1.29 is 15.0 Å². The van der Waals surface area contributed by atoms with E-state index < -0.39 is 5.97 Å². The number of aromatic nitrogens is 4. The molecule has 2 saturated heterocycles. The summed E-state index contributed by atoms with van der Waals surface area (Å²) in [5, 5.41) is 25.5. The number of rotatable bonds is 7. The van der Waals surface area contributed by atoms with Gasteiger partial charge in [0.2, 0.25) is 0 Å². The topological polar surface area (TPSA) is 108 Å². The molecule has 2 aliphatic heterocycles. The van der Waals surface area contributed by atoms with Gasteiger partial charge in [0.15, 0.2) is 5.65 Å². The van der Waals surface area contributed by atoms with Crippen LogP contribution in [0.25, 0.3) is 11.2 Å². The number of piperidine rings is 2. The van der Waals surface area contributed by atoms with Gasteiger partial charge in [0.25, 0.3) is 0 Å². The Kier molecular flexibility index (Phi) is 8.09. The standard InChI is InChI=1S/C27H34Cl2N6O3/c1-16-26-27(35(32-16)17(2)21-6-5-20(28)11-22(21)29)31-24(12-30-26)34-9-7-23(19(14-34)15-36)33-8-3-4-18(13-33)10-25(37)38/h5-6,11-12,17-19,23,36H,3-4,7-10,13-15H2,1-2H3,(H,37,38)/t17?,18?,19-,23-/m0/s1. The molecule has 2 aromatic heterocycles. The molecule has 11 heteroatoms. The van der Waals surface area contributed by atoms with Crippen molar-refractivity contribution in [3.8, 4) is 0 Å². The Hall–Kier alpha value is -2.46. The van der Waals surface area contributed by atoms with E-state index in [0.717, 1.165) is 61.5 Å². The number of hydrogen-bond acceptors (Lipinski definition) is 7. The number of anilines is 1. The van der Waals surface area contributed by atoms with Crippen LogP contribution in [-0.2, 0) is 4.79 Å². The van der Waals surface area contributed by atoms with Crippen LogP contribution >= 0.6 is 23.2 Å². The highest BCUT2D eigenvalue weighted by Gasteiger charge is 2.36. The van der Waals surface area contributed by atoms with Crippen molar-refractivity contribution in [2.75, 3.05) is 37.7 Å². The lowest BCUT2D eigenvalue weighted by Crippen LogP contribution is -2.55. The van der Waals surface area contributed by atoms with Crippen LogP contribution in [0.15, 0.2) is 24.4 Å². The first-order valence-corrected chi connectivity index (χ1v) is 14.0. The molecule has 1 aromatic carbocycles. The van der Waals surface area contributed by atoms with Crippen molar-refractivity contribution in [1.29, 1.82) is 0 Å². The van der Waals surface area contributed by atoms with Crippen LogP contribution in [0.1, 0.15) is 49.9 Å². The maximum absolute atomic E-state index is 11.2. The van der Waals surface area contributed by atoms with Crippen molar-refractivity contribution >= 4 is 46.2 Å². The number of carbonyl (C=O) groups is 1. The van der Waals surface area contributed by atoms with Crippen molar-refractivity contribution in [3.05, 3.63) is 45.7 Å². The number of hydrogen-bond donors (Lipinski definition) is 2. The molecule has 2 unspecified atom stereocenters. The predicted molar refractivity (Wildman–Crippen MR) is 148 cm³/mol. The Labute approximate surface area is 232 Å². The molecule has 204 valence electrons. The first-order chi connectivity index (χ1) is 18.2. The molecular formula is C27H34Cl2N6O3. The normalized spacial score (nSPS) is 23.6. The number of halogens is 2. The summed E-state index contributed by atoms with van der Waals surface area (Å²) in [5.74, 6) is 0.239. The molecule has 2 aliphatic rings. The summed E-state index contributed by atoms with van der Waals surface area (Å²) >= 11 is 12.6. The summed E-state index contributed by atoms with van der Waals surface area (Å²) in [6.45, 7) is 7.20. The third-order valence-electron chi connectivity index (χ3n) is 8.07. The van der Waals surface area contributed by atoms with E-state index in [1.165, 1.54) is 0 Å². The number of carboxylic acids is 1. The molecule has 4 heterocycles. The summed E-state index contributed by atoms with van der Waals surface area (Å²) in [4.78, 5) is 25.6. The number of fused-ring (bicyclic) bond motifs is 1. The number of benzene rings is 1. The van der Waals surface area contributed by atoms with E-state index >= 15 is 0 Å². The molecular weight excluding hydrogens is 527 g/mol. The summed E-state index contributed by atoms with van der Waals surface area (Å²) in [6.07, 6.45) is 4.83. The quantitative estimate of drug-likeness (QED) is 0.437. The fourth-order valence-electron chi connectivity index (χ4n) is 6.14. The van der Waals surface area contributed by atoms with E-state index in [-0.39, 0.29) is 36.9 Å². The van der Waals surface area contributed by atoms with Crippen LogP contribution in [0, 0.1) is 18.8 Å². The van der Waals surface area contributed by atoms with Crippen LogP contribution in [0.2, 0.25) is 10.0 Å². The molecule has 0 amide bonds. The van der Waals surface area contributed by atoms with Crippen molar-refractivity contribution in [1.82, 2.24) is 24.6 Å². The Morgan fingerprint density at radius 3 is 2.76 bits per heavy atom. The van der Waals surface area contributed by atoms with Gasteiger partial charge in [-0.05, 0) is 63.3 Å². The van der Waals surface area contributed by atoms with Crippen LogP contribution in [0.5, 0.6) is 0 Å². The van der Waals surface area contributed by atoms with Gasteiger partial charge >= 0.3 is 5.97 Å². The third kappa shape index (κ3) is 5.47. The van der Waals surface area contributed by atoms with Crippen molar-refractivity contribution in [2.45, 2.75) is 51.6 Å². The average molecular weight is 562 g/mol. The molecule has 0 bridgehead atoms. The van der Waals surface area contributed by atoms with E-state index in [1.807, 2.05) is 30.7 Å². The molecule has 2 fully saturated rings. The fourth-order valence-corrected chi connectivity index (χ4v) is 6.70. The lowest BCUT2D eigenvalue weighted by atomic mass is 9.87. The predicted octanol–water partition coefficient (Wildman–Crippen LogP) is 4.42. The number of aliphatic hydroxyl groups excluding tert-OH is 1. The molecule has 0 aliphatic carbocycles. The van der Waals surface area contributed by atoms with E-state index in [1.54, 1.807) is 12.3 Å². The van der Waals surface area contributed by atoms with Gasteiger partial charge in [0.05, 0.1) is 17.9 Å². The minimum absolute atomic E-state index is 0.0447. The Balaban J connectivity index is 1.37. The average Bonchev–Trinajstić information content (AvgIpc) is 3.23. The van der Waals surface area contributed by atoms with Crippen LogP contribution in [0.3, 0.4) is 0 Å². The van der Waals surface area contributed by atoms with Gasteiger partial charge in [-0.3, -0.25) is 9.69 Å². The van der Waals surface area contributed by atoms with E-state index in [0.29, 0.717) is 22.2 Å². The maximum Gasteiger partial charge on any atom is 0.303 e. The lowest BCUT2D eigenvalue weighted by molar-refractivity contribution is -0.138. The van der Waals surface area contributed by atoms with Crippen molar-refractivity contribution in [2.24, 2.45) is 11.8 Å². The first kappa shape index (κ1) is 27.1. The minimum Gasteiger partial charge on any atom is -0.481 e. The molecule has 2 N–H and O–H groups in total. The fraction of sp³-hybridized carbons (Fsp3) is 0.556. The van der Waals surface area contributed by atoms with Gasteiger partial charge in [-0.25, -0.2) is 14.6 Å². The number of nitrogens with zero attached hydrogens (tertiary/aromatic N) is 6. The molecule has 4 atom stereocenters. The molecule has 0 saturated carbocycles. The van der Waals surface area contributed by atoms with Gasteiger partial charge in [-0.2, -0.15) is 5.10 Å². The monoisotopic (exact) mass is 560 g/mol. The highest BCUT2D eigenvalue weighted by atomic mass is 35.5. The number of carboxylic acid groups (broad SMARTS) is 1. The van der Waals surface area contributed by atoms with E-state index in [9.17, 15) is 15.0 Å². The molecule has 5 rings (SSSR count). The van der Waals surface area contributed by atoms with Gasteiger partial charge in [-0.15, -0.1) is 0 Å². The number of aliphatic carboxylic acids is 1. The van der Waals surface area contributed by atoms with Gasteiger partial charge in [0.1, 0.15) is 11.3 Å². The molecule has 0 spiro atoms. The SMILES string of the molecule is Cc1nn(C(C)c2ccc(Cl)cc2Cl)c2nc(N3CC[C@H](N4CCCC(CC(=O)O)C4)[C@H](CO)C3)cnc12. The Morgan fingerprint density at radius 1 is 1.21 bits per heavy atom.